The third-order valence-electron chi connectivity index (χ3n) is 1.86. The van der Waals surface area contributed by atoms with Gasteiger partial charge in [0.2, 0.25) is 0 Å². The fraction of sp³-hybridized carbons (Fsp3) is 0.556. The molecule has 1 heterocycles. The zero-order valence-corrected chi connectivity index (χ0v) is 11.3. The highest BCUT2D eigenvalue weighted by molar-refractivity contribution is 9.10. The minimum absolute atomic E-state index is 0.210. The van der Waals surface area contributed by atoms with Gasteiger partial charge in [0.15, 0.2) is 5.13 Å². The zero-order chi connectivity index (χ0) is 11.4. The molecule has 0 saturated heterocycles. The number of hydrogen-bond donors (Lipinski definition) is 0. The molecule has 0 aliphatic rings. The third kappa shape index (κ3) is 3.46. The van der Waals surface area contributed by atoms with Crippen molar-refractivity contribution in [3.63, 3.8) is 0 Å². The normalized spacial score (nSPS) is 10.5. The van der Waals surface area contributed by atoms with Crippen LogP contribution in [0.2, 0.25) is 0 Å². The standard InChI is InChI=1S/C9H13BrN2O2S/c1-6(2)12(4-8(13)14-3)9-11-7(10)5-15-9/h5-6H,4H2,1-3H3. The van der Waals surface area contributed by atoms with E-state index in [0.29, 0.717) is 0 Å². The van der Waals surface area contributed by atoms with Gasteiger partial charge in [-0.3, -0.25) is 4.79 Å². The smallest absolute Gasteiger partial charge is 0.325 e. The van der Waals surface area contributed by atoms with Crippen molar-refractivity contribution in [2.75, 3.05) is 18.6 Å². The van der Waals surface area contributed by atoms with E-state index in [9.17, 15) is 4.79 Å². The molecule has 0 amide bonds. The molecule has 0 spiro atoms. The van der Waals surface area contributed by atoms with Gasteiger partial charge >= 0.3 is 5.97 Å². The number of aromatic nitrogens is 1. The van der Waals surface area contributed by atoms with Crippen LogP contribution in [0.25, 0.3) is 0 Å². The van der Waals surface area contributed by atoms with Crippen molar-refractivity contribution in [1.29, 1.82) is 0 Å². The quantitative estimate of drug-likeness (QED) is 0.799. The first-order valence-corrected chi connectivity index (χ1v) is 6.16. The molecule has 1 rings (SSSR count). The van der Waals surface area contributed by atoms with Gasteiger partial charge in [-0.2, -0.15) is 0 Å². The maximum absolute atomic E-state index is 11.2. The van der Waals surface area contributed by atoms with Crippen LogP contribution in [-0.4, -0.2) is 30.6 Å². The molecule has 0 aromatic carbocycles. The number of rotatable bonds is 4. The number of thiazole rings is 1. The highest BCUT2D eigenvalue weighted by Crippen LogP contribution is 2.24. The van der Waals surface area contributed by atoms with Gasteiger partial charge in [-0.15, -0.1) is 11.3 Å². The average Bonchev–Trinajstić information content (AvgIpc) is 2.60. The van der Waals surface area contributed by atoms with Crippen LogP contribution in [0.3, 0.4) is 0 Å². The molecule has 0 bridgehead atoms. The summed E-state index contributed by atoms with van der Waals surface area (Å²) in [5, 5.41) is 2.71. The number of nitrogens with zero attached hydrogens (tertiary/aromatic N) is 2. The Labute approximate surface area is 101 Å². The Morgan fingerprint density at radius 2 is 2.40 bits per heavy atom. The second-order valence-corrected chi connectivity index (χ2v) is 4.90. The van der Waals surface area contributed by atoms with E-state index in [2.05, 4.69) is 25.7 Å². The topological polar surface area (TPSA) is 42.4 Å². The van der Waals surface area contributed by atoms with E-state index in [1.807, 2.05) is 24.1 Å². The number of anilines is 1. The SMILES string of the molecule is COC(=O)CN(c1nc(Br)cs1)C(C)C. The zero-order valence-electron chi connectivity index (χ0n) is 8.86. The predicted octanol–water partition coefficient (Wildman–Crippen LogP) is 2.29. The largest absolute Gasteiger partial charge is 0.468 e. The summed E-state index contributed by atoms with van der Waals surface area (Å²) >= 11 is 4.79. The van der Waals surface area contributed by atoms with Crippen LogP contribution in [0.1, 0.15) is 13.8 Å². The first-order valence-electron chi connectivity index (χ1n) is 4.49. The number of hydrogen-bond acceptors (Lipinski definition) is 5. The van der Waals surface area contributed by atoms with E-state index in [1.165, 1.54) is 18.4 Å². The monoisotopic (exact) mass is 292 g/mol. The van der Waals surface area contributed by atoms with Crippen LogP contribution in [0, 0.1) is 0 Å². The molecule has 0 saturated carbocycles. The summed E-state index contributed by atoms with van der Waals surface area (Å²) < 4.78 is 5.43. The number of carbonyl (C=O) groups is 1. The molecular formula is C9H13BrN2O2S. The predicted molar refractivity (Wildman–Crippen MR) is 64.3 cm³/mol. The fourth-order valence-corrected chi connectivity index (χ4v) is 2.43. The van der Waals surface area contributed by atoms with Gasteiger partial charge < -0.3 is 9.64 Å². The van der Waals surface area contributed by atoms with Gasteiger partial charge in [0, 0.05) is 11.4 Å². The van der Waals surface area contributed by atoms with Crippen molar-refractivity contribution >= 4 is 38.4 Å². The van der Waals surface area contributed by atoms with Crippen molar-refractivity contribution in [3.8, 4) is 0 Å². The van der Waals surface area contributed by atoms with E-state index < -0.39 is 0 Å². The number of esters is 1. The van der Waals surface area contributed by atoms with Crippen LogP contribution >= 0.6 is 27.3 Å². The number of carbonyl (C=O) groups excluding carboxylic acids is 1. The molecule has 0 unspecified atom stereocenters. The Balaban J connectivity index is 2.79. The summed E-state index contributed by atoms with van der Waals surface area (Å²) in [6.07, 6.45) is 0. The van der Waals surface area contributed by atoms with Gasteiger partial charge in [-0.25, -0.2) is 4.98 Å². The number of methoxy groups -OCH3 is 1. The van der Waals surface area contributed by atoms with E-state index in [0.717, 1.165) is 9.73 Å². The van der Waals surface area contributed by atoms with E-state index >= 15 is 0 Å². The molecule has 15 heavy (non-hydrogen) atoms. The van der Waals surface area contributed by atoms with E-state index in [4.69, 9.17) is 0 Å². The van der Waals surface area contributed by atoms with Gasteiger partial charge in [-0.1, -0.05) is 0 Å². The molecule has 0 radical (unpaired) electrons. The third-order valence-corrected chi connectivity index (χ3v) is 3.45. The molecule has 0 aliphatic heterocycles. The van der Waals surface area contributed by atoms with Gasteiger partial charge in [0.1, 0.15) is 11.1 Å². The van der Waals surface area contributed by atoms with Crippen molar-refractivity contribution in [3.05, 3.63) is 9.98 Å². The highest BCUT2D eigenvalue weighted by atomic mass is 79.9. The molecule has 0 fully saturated rings. The lowest BCUT2D eigenvalue weighted by atomic mass is 10.3. The van der Waals surface area contributed by atoms with E-state index in [1.54, 1.807) is 0 Å². The molecule has 6 heteroatoms. The highest BCUT2D eigenvalue weighted by Gasteiger charge is 2.17. The van der Waals surface area contributed by atoms with Gasteiger partial charge in [0.05, 0.1) is 7.11 Å². The second kappa shape index (κ2) is 5.46. The maximum atomic E-state index is 11.2. The van der Waals surface area contributed by atoms with Crippen molar-refractivity contribution in [2.45, 2.75) is 19.9 Å². The van der Waals surface area contributed by atoms with Gasteiger partial charge in [0.25, 0.3) is 0 Å². The van der Waals surface area contributed by atoms with E-state index in [-0.39, 0.29) is 18.6 Å². The molecule has 84 valence electrons. The summed E-state index contributed by atoms with van der Waals surface area (Å²) in [7, 11) is 1.39. The Kier molecular flexibility index (Phi) is 4.53. The average molecular weight is 293 g/mol. The Bertz CT molecular complexity index is 341. The summed E-state index contributed by atoms with van der Waals surface area (Å²) in [5.41, 5.74) is 0. The molecule has 0 N–H and O–H groups in total. The molecule has 0 aliphatic carbocycles. The first-order chi connectivity index (χ1) is 7.04. The summed E-state index contributed by atoms with van der Waals surface area (Å²) in [6, 6.07) is 0.210. The number of ether oxygens (including phenoxy) is 1. The Hall–Kier alpha value is -0.620. The maximum Gasteiger partial charge on any atom is 0.325 e. The molecule has 1 aromatic heterocycles. The first kappa shape index (κ1) is 12.4. The lowest BCUT2D eigenvalue weighted by molar-refractivity contribution is -0.139. The lowest BCUT2D eigenvalue weighted by Gasteiger charge is -2.24. The Morgan fingerprint density at radius 3 is 2.80 bits per heavy atom. The van der Waals surface area contributed by atoms with Crippen LogP contribution in [-0.2, 0) is 9.53 Å². The summed E-state index contributed by atoms with van der Waals surface area (Å²) in [6.45, 7) is 4.25. The van der Waals surface area contributed by atoms with Crippen molar-refractivity contribution in [1.82, 2.24) is 4.98 Å². The van der Waals surface area contributed by atoms with Crippen molar-refractivity contribution in [2.24, 2.45) is 0 Å². The minimum atomic E-state index is -0.255. The molecule has 0 atom stereocenters. The molecule has 1 aromatic rings. The second-order valence-electron chi connectivity index (χ2n) is 3.25. The van der Waals surface area contributed by atoms with Crippen molar-refractivity contribution < 1.29 is 9.53 Å². The van der Waals surface area contributed by atoms with Crippen LogP contribution in [0.5, 0.6) is 0 Å². The fourth-order valence-electron chi connectivity index (χ4n) is 1.05. The van der Waals surface area contributed by atoms with Crippen LogP contribution < -0.4 is 4.90 Å². The van der Waals surface area contributed by atoms with Crippen LogP contribution in [0.4, 0.5) is 5.13 Å². The summed E-state index contributed by atoms with van der Waals surface area (Å²) in [5.74, 6) is -0.255. The summed E-state index contributed by atoms with van der Waals surface area (Å²) in [4.78, 5) is 17.4. The number of halogens is 1. The van der Waals surface area contributed by atoms with Crippen LogP contribution in [0.15, 0.2) is 9.98 Å². The Morgan fingerprint density at radius 1 is 1.73 bits per heavy atom. The molecule has 4 nitrogen and oxygen atoms in total. The lowest BCUT2D eigenvalue weighted by Crippen LogP contribution is -2.36. The minimum Gasteiger partial charge on any atom is -0.468 e. The van der Waals surface area contributed by atoms with Gasteiger partial charge in [-0.05, 0) is 29.8 Å². The molecular weight excluding hydrogens is 280 g/mol.